The van der Waals surface area contributed by atoms with Gasteiger partial charge in [-0.05, 0) is 12.7 Å². The largest absolute Gasteiger partial charge is 0.477 e. The molecule has 6 nitrogen and oxygen atoms in total. The summed E-state index contributed by atoms with van der Waals surface area (Å²) in [6, 6.07) is 0. The molecule has 0 saturated heterocycles. The Bertz CT molecular complexity index is 332. The Labute approximate surface area is 104 Å². The van der Waals surface area contributed by atoms with Gasteiger partial charge in [0, 0.05) is 18.2 Å². The Morgan fingerprint density at radius 1 is 1.71 bits per heavy atom. The summed E-state index contributed by atoms with van der Waals surface area (Å²) >= 11 is 1.73. The highest BCUT2D eigenvalue weighted by atomic mass is 32.2. The fraction of sp³-hybridized carbons (Fsp3) is 0.700. The van der Waals surface area contributed by atoms with E-state index in [1.54, 1.807) is 11.8 Å². The van der Waals surface area contributed by atoms with Gasteiger partial charge >= 0.3 is 5.97 Å². The van der Waals surface area contributed by atoms with Crippen LogP contribution in [-0.2, 0) is 14.4 Å². The molecule has 2 N–H and O–H groups in total. The fourth-order valence-corrected chi connectivity index (χ4v) is 1.63. The van der Waals surface area contributed by atoms with E-state index >= 15 is 0 Å². The first kappa shape index (κ1) is 13.8. The highest BCUT2D eigenvalue weighted by Gasteiger charge is 2.31. The van der Waals surface area contributed by atoms with Crippen LogP contribution >= 0.6 is 11.8 Å². The van der Waals surface area contributed by atoms with E-state index in [1.165, 1.54) is 0 Å². The number of amides is 1. The number of nitrogens with one attached hydrogen (secondary N) is 1. The van der Waals surface area contributed by atoms with Crippen LogP contribution < -0.4 is 5.32 Å². The van der Waals surface area contributed by atoms with Crippen LogP contribution in [0.4, 0.5) is 0 Å². The van der Waals surface area contributed by atoms with Gasteiger partial charge in [-0.2, -0.15) is 11.8 Å². The van der Waals surface area contributed by atoms with Crippen LogP contribution in [0, 0.1) is 0 Å². The van der Waals surface area contributed by atoms with E-state index < -0.39 is 12.1 Å². The average Bonchev–Trinajstić information content (AvgIpc) is 2.78. The van der Waals surface area contributed by atoms with Crippen molar-refractivity contribution in [2.75, 3.05) is 12.8 Å². The van der Waals surface area contributed by atoms with Crippen LogP contribution in [0.25, 0.3) is 0 Å². The van der Waals surface area contributed by atoms with Crippen LogP contribution in [0.3, 0.4) is 0 Å². The van der Waals surface area contributed by atoms with Crippen LogP contribution in [0.5, 0.6) is 0 Å². The molecule has 0 aliphatic carbocycles. The number of carbonyl (C=O) groups is 2. The first-order valence-electron chi connectivity index (χ1n) is 5.31. The molecule has 1 heterocycles. The van der Waals surface area contributed by atoms with Gasteiger partial charge in [-0.3, -0.25) is 4.79 Å². The molecule has 0 bridgehead atoms. The summed E-state index contributed by atoms with van der Waals surface area (Å²) in [6.45, 7) is 2.64. The SMILES string of the molecule is CSC(C)CCNC(=O)C1CC(C(=O)O)=NO1. The third-order valence-corrected chi connectivity index (χ3v) is 3.50. The molecule has 17 heavy (non-hydrogen) atoms. The van der Waals surface area contributed by atoms with E-state index in [0.29, 0.717) is 11.8 Å². The molecular weight excluding hydrogens is 244 g/mol. The lowest BCUT2D eigenvalue weighted by Gasteiger charge is -2.11. The summed E-state index contributed by atoms with van der Waals surface area (Å²) in [7, 11) is 0. The van der Waals surface area contributed by atoms with Crippen molar-refractivity contribution in [3.05, 3.63) is 0 Å². The number of thioether (sulfide) groups is 1. The quantitative estimate of drug-likeness (QED) is 0.725. The van der Waals surface area contributed by atoms with E-state index in [1.807, 2.05) is 6.26 Å². The minimum atomic E-state index is -1.14. The second kappa shape index (κ2) is 6.48. The lowest BCUT2D eigenvalue weighted by molar-refractivity contribution is -0.131. The van der Waals surface area contributed by atoms with Gasteiger partial charge in [0.1, 0.15) is 0 Å². The summed E-state index contributed by atoms with van der Waals surface area (Å²) < 4.78 is 0. The van der Waals surface area contributed by atoms with Gasteiger partial charge in [0.25, 0.3) is 5.91 Å². The van der Waals surface area contributed by atoms with Crippen molar-refractivity contribution in [1.82, 2.24) is 5.32 Å². The molecule has 0 aromatic carbocycles. The first-order valence-corrected chi connectivity index (χ1v) is 6.60. The minimum absolute atomic E-state index is 0.0270. The van der Waals surface area contributed by atoms with Gasteiger partial charge in [0.05, 0.1) is 0 Å². The Hall–Kier alpha value is -1.24. The maximum atomic E-state index is 11.6. The van der Waals surface area contributed by atoms with Crippen LogP contribution in [-0.4, -0.2) is 46.8 Å². The third kappa shape index (κ3) is 4.26. The van der Waals surface area contributed by atoms with Gasteiger partial charge in [-0.15, -0.1) is 0 Å². The molecule has 2 atom stereocenters. The molecule has 1 rings (SSSR count). The topological polar surface area (TPSA) is 88.0 Å². The first-order chi connectivity index (χ1) is 8.04. The maximum Gasteiger partial charge on any atom is 0.353 e. The normalized spacial score (nSPS) is 20.4. The number of nitrogens with zero attached hydrogens (tertiary/aromatic N) is 1. The van der Waals surface area contributed by atoms with Crippen molar-refractivity contribution >= 4 is 29.4 Å². The monoisotopic (exact) mass is 260 g/mol. The van der Waals surface area contributed by atoms with E-state index in [2.05, 4.69) is 17.4 Å². The second-order valence-electron chi connectivity index (χ2n) is 3.77. The molecule has 0 aromatic heterocycles. The van der Waals surface area contributed by atoms with Gasteiger partial charge in [0.15, 0.2) is 5.71 Å². The van der Waals surface area contributed by atoms with E-state index in [9.17, 15) is 9.59 Å². The number of aliphatic carboxylic acids is 1. The summed E-state index contributed by atoms with van der Waals surface area (Å²) in [6.07, 6.45) is 2.11. The molecule has 1 aliphatic rings. The Kier molecular flexibility index (Phi) is 5.27. The number of carboxylic acid groups (broad SMARTS) is 1. The number of carbonyl (C=O) groups excluding carboxylic acids is 1. The average molecular weight is 260 g/mol. The fourth-order valence-electron chi connectivity index (χ4n) is 1.27. The standard InChI is InChI=1S/C10H16N2O4S/c1-6(17-2)3-4-11-9(13)8-5-7(10(14)15)12-16-8/h6,8H,3-5H2,1-2H3,(H,11,13)(H,14,15). The summed E-state index contributed by atoms with van der Waals surface area (Å²) in [5, 5.41) is 15.2. The lowest BCUT2D eigenvalue weighted by atomic mass is 10.1. The van der Waals surface area contributed by atoms with Gasteiger partial charge < -0.3 is 15.3 Å². The van der Waals surface area contributed by atoms with Gasteiger partial charge in [-0.25, -0.2) is 4.79 Å². The van der Waals surface area contributed by atoms with Crippen LogP contribution in [0.1, 0.15) is 19.8 Å². The predicted octanol–water partition coefficient (Wildman–Crippen LogP) is 0.474. The highest BCUT2D eigenvalue weighted by Crippen LogP contribution is 2.11. The lowest BCUT2D eigenvalue weighted by Crippen LogP contribution is -2.36. The highest BCUT2D eigenvalue weighted by molar-refractivity contribution is 7.99. The molecule has 0 spiro atoms. The molecule has 1 aliphatic heterocycles. The van der Waals surface area contributed by atoms with Gasteiger partial charge in [-0.1, -0.05) is 12.1 Å². The summed E-state index contributed by atoms with van der Waals surface area (Å²) in [4.78, 5) is 26.9. The van der Waals surface area contributed by atoms with Crippen LogP contribution in [0.2, 0.25) is 0 Å². The van der Waals surface area contributed by atoms with Gasteiger partial charge in [0.2, 0.25) is 6.10 Å². The second-order valence-corrected chi connectivity index (χ2v) is 5.04. The van der Waals surface area contributed by atoms with E-state index in [4.69, 9.17) is 9.94 Å². The molecular formula is C10H16N2O4S. The number of carboxylic acids is 1. The van der Waals surface area contributed by atoms with Crippen LogP contribution in [0.15, 0.2) is 5.16 Å². The molecule has 96 valence electrons. The molecule has 1 amide bonds. The van der Waals surface area contributed by atoms with Crippen molar-refractivity contribution in [3.63, 3.8) is 0 Å². The van der Waals surface area contributed by atoms with Crippen molar-refractivity contribution in [1.29, 1.82) is 0 Å². The van der Waals surface area contributed by atoms with Crippen molar-refractivity contribution in [2.24, 2.45) is 5.16 Å². The number of rotatable bonds is 6. The van der Waals surface area contributed by atoms with Crippen molar-refractivity contribution in [3.8, 4) is 0 Å². The Balaban J connectivity index is 2.25. The maximum absolute atomic E-state index is 11.6. The molecule has 7 heteroatoms. The van der Waals surface area contributed by atoms with E-state index in [-0.39, 0.29) is 18.0 Å². The molecule has 0 saturated carbocycles. The molecule has 0 fully saturated rings. The Morgan fingerprint density at radius 2 is 2.41 bits per heavy atom. The zero-order valence-corrected chi connectivity index (χ0v) is 10.6. The van der Waals surface area contributed by atoms with E-state index in [0.717, 1.165) is 6.42 Å². The summed E-state index contributed by atoms with van der Waals surface area (Å²) in [5.74, 6) is -1.45. The number of oxime groups is 1. The summed E-state index contributed by atoms with van der Waals surface area (Å²) in [5.41, 5.74) is -0.109. The zero-order valence-electron chi connectivity index (χ0n) is 9.80. The minimum Gasteiger partial charge on any atom is -0.477 e. The number of hydrogen-bond acceptors (Lipinski definition) is 5. The Morgan fingerprint density at radius 3 is 2.94 bits per heavy atom. The molecule has 2 unspecified atom stereocenters. The third-order valence-electron chi connectivity index (χ3n) is 2.46. The molecule has 0 radical (unpaired) electrons. The van der Waals surface area contributed by atoms with Crippen molar-refractivity contribution in [2.45, 2.75) is 31.1 Å². The predicted molar refractivity (Wildman–Crippen MR) is 65.2 cm³/mol. The van der Waals surface area contributed by atoms with Crippen molar-refractivity contribution < 1.29 is 19.5 Å². The molecule has 0 aromatic rings. The zero-order chi connectivity index (χ0) is 12.8. The number of hydrogen-bond donors (Lipinski definition) is 2. The smallest absolute Gasteiger partial charge is 0.353 e.